The molecule has 1 amide bonds. The first-order valence-electron chi connectivity index (χ1n) is 6.57. The zero-order chi connectivity index (χ0) is 17.6. The Kier molecular flexibility index (Phi) is 6.18. The van der Waals surface area contributed by atoms with Crippen molar-refractivity contribution < 1.29 is 26.8 Å². The Morgan fingerprint density at radius 3 is 2.35 bits per heavy atom. The van der Waals surface area contributed by atoms with Crippen molar-refractivity contribution in [3.63, 3.8) is 0 Å². The second-order valence-corrected chi connectivity index (χ2v) is 3.99. The second kappa shape index (κ2) is 7.66. The van der Waals surface area contributed by atoms with Crippen LogP contribution in [0.25, 0.3) is 0 Å². The van der Waals surface area contributed by atoms with Crippen LogP contribution in [0.4, 0.5) is 27.7 Å². The largest absolute Gasteiger partial charge is 0.418 e. The zero-order valence-corrected chi connectivity index (χ0v) is 12.2. The summed E-state index contributed by atoms with van der Waals surface area (Å²) >= 11 is 0. The number of pyridine rings is 1. The van der Waals surface area contributed by atoms with E-state index in [1.165, 1.54) is 18.3 Å². The highest BCUT2D eigenvalue weighted by Gasteiger charge is 2.37. The van der Waals surface area contributed by atoms with Crippen LogP contribution in [0.1, 0.15) is 29.8 Å². The minimum atomic E-state index is -5.00. The van der Waals surface area contributed by atoms with E-state index in [0.717, 1.165) is 6.20 Å². The lowest BCUT2D eigenvalue weighted by atomic mass is 10.1. The molecule has 1 aromatic carbocycles. The van der Waals surface area contributed by atoms with Gasteiger partial charge in [0.25, 0.3) is 5.91 Å². The standard InChI is InChI=1S/C13H7F5N2O.C2H6/c14-9-3-4-11(10(6-9)13(15,16)17)20(18)12(21)8-2-1-5-19-7-8;1-2/h1-7H;1-2H3. The van der Waals surface area contributed by atoms with E-state index in [-0.39, 0.29) is 11.6 Å². The third-order valence-corrected chi connectivity index (χ3v) is 2.56. The van der Waals surface area contributed by atoms with Crippen molar-refractivity contribution in [2.45, 2.75) is 20.0 Å². The number of hydrogen-bond acceptors (Lipinski definition) is 2. The lowest BCUT2D eigenvalue weighted by molar-refractivity contribution is -0.137. The molecule has 0 saturated carbocycles. The summed E-state index contributed by atoms with van der Waals surface area (Å²) in [6, 6.07) is 3.83. The molecule has 23 heavy (non-hydrogen) atoms. The van der Waals surface area contributed by atoms with Gasteiger partial charge in [-0.25, -0.2) is 4.39 Å². The molecule has 2 rings (SSSR count). The molecular weight excluding hydrogens is 319 g/mol. The van der Waals surface area contributed by atoms with Gasteiger partial charge in [0.05, 0.1) is 16.8 Å². The van der Waals surface area contributed by atoms with Crippen molar-refractivity contribution in [1.29, 1.82) is 0 Å². The van der Waals surface area contributed by atoms with Crippen molar-refractivity contribution in [1.82, 2.24) is 4.98 Å². The molecule has 3 nitrogen and oxygen atoms in total. The minimum absolute atomic E-state index is 0.123. The Bertz CT molecular complexity index is 659. The fraction of sp³-hybridized carbons (Fsp3) is 0.200. The van der Waals surface area contributed by atoms with Gasteiger partial charge in [-0.05, 0) is 30.3 Å². The lowest BCUT2D eigenvalue weighted by Crippen LogP contribution is -2.25. The van der Waals surface area contributed by atoms with E-state index in [9.17, 15) is 26.8 Å². The Balaban J connectivity index is 0.00000127. The molecule has 1 aromatic heterocycles. The molecule has 0 aliphatic rings. The average molecular weight is 332 g/mol. The van der Waals surface area contributed by atoms with Crippen LogP contribution in [0.5, 0.6) is 0 Å². The van der Waals surface area contributed by atoms with E-state index in [2.05, 4.69) is 4.98 Å². The summed E-state index contributed by atoms with van der Waals surface area (Å²) in [7, 11) is 0. The van der Waals surface area contributed by atoms with Gasteiger partial charge in [0.15, 0.2) is 0 Å². The van der Waals surface area contributed by atoms with E-state index in [4.69, 9.17) is 0 Å². The molecule has 0 saturated heterocycles. The van der Waals surface area contributed by atoms with Crippen LogP contribution in [0.15, 0.2) is 42.7 Å². The van der Waals surface area contributed by atoms with Crippen LogP contribution >= 0.6 is 0 Å². The number of aromatic nitrogens is 1. The van der Waals surface area contributed by atoms with Crippen LogP contribution < -0.4 is 5.12 Å². The van der Waals surface area contributed by atoms with Gasteiger partial charge in [-0.2, -0.15) is 13.2 Å². The van der Waals surface area contributed by atoms with Crippen LogP contribution in [-0.4, -0.2) is 10.9 Å². The van der Waals surface area contributed by atoms with Crippen LogP contribution in [0.2, 0.25) is 0 Å². The monoisotopic (exact) mass is 332 g/mol. The molecule has 0 unspecified atom stereocenters. The predicted molar refractivity (Wildman–Crippen MR) is 74.9 cm³/mol. The molecule has 0 aliphatic heterocycles. The van der Waals surface area contributed by atoms with Crippen molar-refractivity contribution in [3.8, 4) is 0 Å². The molecule has 0 N–H and O–H groups in total. The van der Waals surface area contributed by atoms with E-state index >= 15 is 0 Å². The number of alkyl halides is 3. The van der Waals surface area contributed by atoms with Crippen molar-refractivity contribution in [3.05, 3.63) is 59.7 Å². The third-order valence-electron chi connectivity index (χ3n) is 2.56. The number of carbonyl (C=O) groups excluding carboxylic acids is 1. The Morgan fingerprint density at radius 1 is 1.17 bits per heavy atom. The highest BCUT2D eigenvalue weighted by molar-refractivity contribution is 6.04. The fourth-order valence-electron chi connectivity index (χ4n) is 1.62. The highest BCUT2D eigenvalue weighted by atomic mass is 19.4. The quantitative estimate of drug-likeness (QED) is 0.585. The second-order valence-electron chi connectivity index (χ2n) is 3.99. The Labute approximate surface area is 129 Å². The minimum Gasteiger partial charge on any atom is -0.266 e. The topological polar surface area (TPSA) is 33.2 Å². The van der Waals surface area contributed by atoms with E-state index < -0.39 is 34.3 Å². The maximum Gasteiger partial charge on any atom is 0.418 e. The van der Waals surface area contributed by atoms with Gasteiger partial charge in [0.1, 0.15) is 5.82 Å². The van der Waals surface area contributed by atoms with E-state index in [0.29, 0.717) is 12.1 Å². The van der Waals surface area contributed by atoms with Crippen molar-refractivity contribution in [2.75, 3.05) is 5.12 Å². The summed E-state index contributed by atoms with van der Waals surface area (Å²) in [5, 5.41) is -0.681. The number of halogens is 5. The third kappa shape index (κ3) is 4.48. The number of rotatable bonds is 2. The van der Waals surface area contributed by atoms with Crippen molar-refractivity contribution >= 4 is 11.6 Å². The summed E-state index contributed by atoms with van der Waals surface area (Å²) in [6.45, 7) is 4.00. The molecule has 0 fully saturated rings. The molecule has 0 bridgehead atoms. The number of nitrogens with zero attached hydrogens (tertiary/aromatic N) is 2. The van der Waals surface area contributed by atoms with Crippen LogP contribution in [0, 0.1) is 5.82 Å². The average Bonchev–Trinajstić information content (AvgIpc) is 2.55. The predicted octanol–water partition coefficient (Wildman–Crippen LogP) is 4.80. The van der Waals surface area contributed by atoms with E-state index in [1.807, 2.05) is 13.8 Å². The summed E-state index contributed by atoms with van der Waals surface area (Å²) < 4.78 is 65.2. The SMILES string of the molecule is CC.O=C(c1cccnc1)N(F)c1ccc(F)cc1C(F)(F)F. The molecular formula is C15H13F5N2O. The normalized spacial score (nSPS) is 10.6. The highest BCUT2D eigenvalue weighted by Crippen LogP contribution is 2.37. The molecule has 8 heteroatoms. The first kappa shape index (κ1) is 18.5. The van der Waals surface area contributed by atoms with Gasteiger partial charge >= 0.3 is 6.18 Å². The van der Waals surface area contributed by atoms with Crippen LogP contribution in [0.3, 0.4) is 0 Å². The number of amides is 1. The van der Waals surface area contributed by atoms with Gasteiger partial charge in [0.2, 0.25) is 0 Å². The molecule has 1 heterocycles. The number of hydrogen-bond donors (Lipinski definition) is 0. The Morgan fingerprint density at radius 2 is 1.83 bits per heavy atom. The lowest BCUT2D eigenvalue weighted by Gasteiger charge is -2.17. The summed E-state index contributed by atoms with van der Waals surface area (Å²) in [5.74, 6) is -2.52. The maximum absolute atomic E-state index is 14.0. The first-order valence-corrected chi connectivity index (χ1v) is 6.57. The maximum atomic E-state index is 14.0. The molecule has 124 valence electrons. The van der Waals surface area contributed by atoms with Gasteiger partial charge < -0.3 is 0 Å². The smallest absolute Gasteiger partial charge is 0.266 e. The van der Waals surface area contributed by atoms with Gasteiger partial charge in [-0.3, -0.25) is 9.78 Å². The molecule has 0 radical (unpaired) electrons. The number of anilines is 1. The van der Waals surface area contributed by atoms with Gasteiger partial charge in [-0.15, -0.1) is 5.12 Å². The molecule has 0 spiro atoms. The number of benzene rings is 1. The zero-order valence-electron chi connectivity index (χ0n) is 12.2. The Hall–Kier alpha value is -2.51. The first-order chi connectivity index (χ1) is 10.8. The van der Waals surface area contributed by atoms with Gasteiger partial charge in [-0.1, -0.05) is 18.3 Å². The van der Waals surface area contributed by atoms with E-state index in [1.54, 1.807) is 0 Å². The molecule has 0 aliphatic carbocycles. The summed E-state index contributed by atoms with van der Waals surface area (Å²) in [5.41, 5.74) is -2.91. The summed E-state index contributed by atoms with van der Waals surface area (Å²) in [4.78, 5) is 15.3. The molecule has 0 atom stereocenters. The molecule has 2 aromatic rings. The fourth-order valence-corrected chi connectivity index (χ4v) is 1.62. The number of carbonyl (C=O) groups is 1. The van der Waals surface area contributed by atoms with Crippen LogP contribution in [-0.2, 0) is 6.18 Å². The summed E-state index contributed by atoms with van der Waals surface area (Å²) in [6.07, 6.45) is -2.68. The van der Waals surface area contributed by atoms with Crippen molar-refractivity contribution in [2.24, 2.45) is 0 Å². The van der Waals surface area contributed by atoms with Gasteiger partial charge in [0, 0.05) is 12.4 Å².